The molecule has 11 aromatic carbocycles. The van der Waals surface area contributed by atoms with Gasteiger partial charge in [-0.05, 0) is 109 Å². The van der Waals surface area contributed by atoms with Gasteiger partial charge in [0.25, 0.3) is 0 Å². The van der Waals surface area contributed by atoms with Crippen LogP contribution in [0.5, 0.6) is 0 Å². The zero-order valence-corrected chi connectivity index (χ0v) is 42.3. The van der Waals surface area contributed by atoms with Gasteiger partial charge in [0.2, 0.25) is 0 Å². The highest BCUT2D eigenvalue weighted by molar-refractivity contribution is 6.79. The molecule has 0 N–H and O–H groups in total. The molecule has 80 heavy (non-hydrogen) atoms. The van der Waals surface area contributed by atoms with Gasteiger partial charge in [0.15, 0.2) is 0 Å². The van der Waals surface area contributed by atoms with Crippen molar-refractivity contribution in [2.75, 3.05) is 0 Å². The summed E-state index contributed by atoms with van der Waals surface area (Å²) < 4.78 is 0. The summed E-state index contributed by atoms with van der Waals surface area (Å²) in [6.45, 7) is 0. The van der Waals surface area contributed by atoms with Gasteiger partial charge in [-0.1, -0.05) is 131 Å². The lowest BCUT2D eigenvalue weighted by molar-refractivity contribution is 1.76. The first-order valence-electron chi connectivity index (χ1n) is 23.7. The standard InChI is InChI=1S/C50B30/c51-21-7(8-5-1-3-13(30(60)23(5)53)37(67)45(75)39(69)15(3)34(64)32(62)11(1)28(58)25(8)55)10(18-22(52)19(42(72)47(77)41(18)71)20-43(73)48(78)50(80)49(79)44(20)74)27(57)36(66)17(21)9-6-2-4-14(31(61)24(6)54)38(68)46(76)40(70)16(4)35(65)33(63)12(2)29(59)26(9)56. The smallest absolute Gasteiger partial charge is 0.112 e. The summed E-state index contributed by atoms with van der Waals surface area (Å²) in [6, 6.07) is 0. The average molecular weight is 925 g/mol. The summed E-state index contributed by atoms with van der Waals surface area (Å²) in [5, 5.41) is 1.79. The van der Waals surface area contributed by atoms with E-state index in [2.05, 4.69) is 0 Å². The quantitative estimate of drug-likeness (QED) is 0.122. The Morgan fingerprint density at radius 2 is 0.200 bits per heavy atom. The molecule has 0 saturated heterocycles. The first kappa shape index (κ1) is 57.3. The predicted molar refractivity (Wildman–Crippen MR) is 377 cm³/mol. The van der Waals surface area contributed by atoms with E-state index in [0.29, 0.717) is 0 Å². The highest BCUT2D eigenvalue weighted by Gasteiger charge is 2.33. The van der Waals surface area contributed by atoms with Crippen molar-refractivity contribution in [3.05, 3.63) is 0 Å². The van der Waals surface area contributed by atoms with Crippen molar-refractivity contribution >= 4 is 464 Å². The second-order valence-electron chi connectivity index (χ2n) is 19.9. The van der Waals surface area contributed by atoms with Gasteiger partial charge < -0.3 is 0 Å². The van der Waals surface area contributed by atoms with Crippen molar-refractivity contribution in [1.82, 2.24) is 0 Å². The molecule has 0 aliphatic carbocycles. The number of rotatable bonds is 4. The topological polar surface area (TPSA) is 0 Å². The van der Waals surface area contributed by atoms with E-state index in [9.17, 15) is 0 Å². The largest absolute Gasteiger partial charge is 0.115 e. The van der Waals surface area contributed by atoms with Gasteiger partial charge in [-0.3, -0.25) is 0 Å². The fourth-order valence-corrected chi connectivity index (χ4v) is 12.1. The highest BCUT2D eigenvalue weighted by Crippen LogP contribution is 2.39. The van der Waals surface area contributed by atoms with Crippen LogP contribution in [0.4, 0.5) is 0 Å². The lowest BCUT2D eigenvalue weighted by atomic mass is 9.54. The first-order valence-corrected chi connectivity index (χ1v) is 23.7. The molecular weight excluding hydrogens is 925 g/mol. The monoisotopic (exact) mass is 930 g/mol. The van der Waals surface area contributed by atoms with Gasteiger partial charge in [-0.25, -0.2) is 0 Å². The molecule has 0 unspecified atom stereocenters. The Hall–Kier alpha value is -4.55. The van der Waals surface area contributed by atoms with Crippen LogP contribution in [0.1, 0.15) is 0 Å². The molecule has 0 fully saturated rings. The molecule has 290 valence electrons. The van der Waals surface area contributed by atoms with Crippen molar-refractivity contribution in [1.29, 1.82) is 0 Å². The maximum absolute atomic E-state index is 7.78. The van der Waals surface area contributed by atoms with Crippen molar-refractivity contribution in [2.24, 2.45) is 0 Å². The van der Waals surface area contributed by atoms with Crippen LogP contribution in [0.3, 0.4) is 0 Å². The van der Waals surface area contributed by atoms with Crippen LogP contribution in [0.2, 0.25) is 0 Å². The van der Waals surface area contributed by atoms with Crippen molar-refractivity contribution in [2.45, 2.75) is 0 Å². The Balaban J connectivity index is 1.46. The van der Waals surface area contributed by atoms with E-state index < -0.39 is 0 Å². The minimum atomic E-state index is -0.351. The normalized spacial score (nSPS) is 12.0. The Morgan fingerprint density at radius 1 is 0.0750 bits per heavy atom. The molecule has 0 aliphatic rings. The van der Waals surface area contributed by atoms with Gasteiger partial charge in [-0.2, -0.15) is 0 Å². The van der Waals surface area contributed by atoms with E-state index in [1.54, 1.807) is 0 Å². The molecule has 0 heterocycles. The van der Waals surface area contributed by atoms with E-state index in [-0.39, 0.29) is 273 Å². The Bertz CT molecular complexity index is 4730. The highest BCUT2D eigenvalue weighted by atomic mass is 14.3. The summed E-state index contributed by atoms with van der Waals surface area (Å²) in [5.74, 6) is 0. The maximum atomic E-state index is 7.78. The molecule has 0 bridgehead atoms. The first-order chi connectivity index (χ1) is 37.3. The molecule has 60 radical (unpaired) electrons. The maximum Gasteiger partial charge on any atom is 0.115 e. The minimum absolute atomic E-state index is 0.0202. The van der Waals surface area contributed by atoms with Gasteiger partial charge in [0.05, 0.1) is 0 Å². The van der Waals surface area contributed by atoms with Gasteiger partial charge >= 0.3 is 0 Å². The summed E-state index contributed by atoms with van der Waals surface area (Å²) in [7, 11) is 207. The predicted octanol–water partition coefficient (Wildman–Crippen LogP) is -22.0. The van der Waals surface area contributed by atoms with Crippen molar-refractivity contribution in [3.8, 4) is 44.5 Å². The van der Waals surface area contributed by atoms with E-state index >= 15 is 0 Å². The van der Waals surface area contributed by atoms with Gasteiger partial charge in [-0.15, -0.1) is 32.8 Å². The van der Waals surface area contributed by atoms with Crippen LogP contribution < -0.4 is 164 Å². The SMILES string of the molecule is [B]c1c([B])c([B])c(-c2c([B])c([B])c([B])c(-c3c([B])c([B])c(-c4c([B])c([B])c5c([B])c([B])c6c([B])c([B])c([B])c7c([B])c([B])c4c5c67)c([B])c3-c3c([B])c([B])c4c([B])c([B])c5c([B])c([B])c([B])c6c([B])c([B])c3c4c56)c2[B])c([B])c1[B]. The fourth-order valence-electron chi connectivity index (χ4n) is 12.1. The van der Waals surface area contributed by atoms with Crippen LogP contribution in [-0.2, 0) is 0 Å². The molecule has 0 amide bonds. The molecule has 0 aromatic heterocycles. The van der Waals surface area contributed by atoms with E-state index in [1.807, 2.05) is 0 Å². The Morgan fingerprint density at radius 3 is 0.525 bits per heavy atom. The summed E-state index contributed by atoms with van der Waals surface area (Å²) in [5.41, 5.74) is -5.94. The second-order valence-corrected chi connectivity index (χ2v) is 19.9. The average Bonchev–Trinajstić information content (AvgIpc) is 2.48. The Labute approximate surface area is 504 Å². The van der Waals surface area contributed by atoms with Crippen LogP contribution in [0.15, 0.2) is 0 Å². The van der Waals surface area contributed by atoms with E-state index in [0.717, 1.165) is 0 Å². The minimum Gasteiger partial charge on any atom is -0.112 e. The van der Waals surface area contributed by atoms with Gasteiger partial charge in [0.1, 0.15) is 235 Å². The van der Waals surface area contributed by atoms with Crippen LogP contribution >= 0.6 is 0 Å². The van der Waals surface area contributed by atoms with Gasteiger partial charge in [0, 0.05) is 0 Å². The number of benzene rings is 11. The molecule has 30 heteroatoms. The molecule has 0 aliphatic heterocycles. The van der Waals surface area contributed by atoms with Crippen LogP contribution in [0, 0.1) is 0 Å². The van der Waals surface area contributed by atoms with Crippen LogP contribution in [0.25, 0.3) is 109 Å². The molecule has 0 atom stereocenters. The van der Waals surface area contributed by atoms with E-state index in [1.165, 1.54) is 0 Å². The molecule has 11 rings (SSSR count). The lowest BCUT2D eigenvalue weighted by Gasteiger charge is -2.35. The van der Waals surface area contributed by atoms with Crippen LogP contribution in [-0.4, -0.2) is 235 Å². The number of hydrogen-bond donors (Lipinski definition) is 0. The Kier molecular flexibility index (Phi) is 13.6. The summed E-state index contributed by atoms with van der Waals surface area (Å²) in [4.78, 5) is 0. The zero-order chi connectivity index (χ0) is 58.9. The van der Waals surface area contributed by atoms with Crippen molar-refractivity contribution in [3.63, 3.8) is 0 Å². The molecule has 11 aromatic rings. The zero-order valence-electron chi connectivity index (χ0n) is 42.3. The summed E-state index contributed by atoms with van der Waals surface area (Å²) >= 11 is 0. The van der Waals surface area contributed by atoms with Crippen molar-refractivity contribution < 1.29 is 0 Å². The van der Waals surface area contributed by atoms with E-state index in [4.69, 9.17) is 235 Å². The molecular formula is C50B30. The molecule has 0 saturated carbocycles. The fraction of sp³-hybridized carbons (Fsp3) is 0. The molecule has 0 nitrogen and oxygen atoms in total. The third kappa shape index (κ3) is 6.95. The summed E-state index contributed by atoms with van der Waals surface area (Å²) in [6.07, 6.45) is 0. The lowest BCUT2D eigenvalue weighted by Crippen LogP contribution is -2.57. The third-order valence-corrected chi connectivity index (χ3v) is 16.2. The second kappa shape index (κ2) is 19.0. The number of hydrogen-bond acceptors (Lipinski definition) is 0. The third-order valence-electron chi connectivity index (χ3n) is 16.2. The molecule has 0 spiro atoms.